The van der Waals surface area contributed by atoms with Crippen LogP contribution < -0.4 is 10.6 Å². The molecule has 0 atom stereocenters. The molecular weight excluding hydrogens is 354 g/mol. The molecule has 0 saturated carbocycles. The van der Waals surface area contributed by atoms with Gasteiger partial charge in [0.2, 0.25) is 0 Å². The molecule has 1 aromatic rings. The number of hydrogen-bond acceptors (Lipinski definition) is 5. The number of carbonyl (C=O) groups is 2. The highest BCUT2D eigenvalue weighted by Crippen LogP contribution is 2.26. The van der Waals surface area contributed by atoms with Gasteiger partial charge in [-0.3, -0.25) is 9.78 Å². The lowest BCUT2D eigenvalue weighted by atomic mass is 9.86. The molecule has 2 amide bonds. The average Bonchev–Trinajstić information content (AvgIpc) is 2.50. The fourth-order valence-corrected chi connectivity index (χ4v) is 2.68. The Balaban J connectivity index is 2.04. The van der Waals surface area contributed by atoms with Crippen LogP contribution in [0.2, 0.25) is 0 Å². The van der Waals surface area contributed by atoms with Crippen LogP contribution in [0.4, 0.5) is 10.5 Å². The molecular formula is C14H18BrN3O4. The van der Waals surface area contributed by atoms with Crippen molar-refractivity contribution in [1.82, 2.24) is 10.3 Å². The van der Waals surface area contributed by atoms with Crippen molar-refractivity contribution in [3.8, 4) is 0 Å². The normalized spacial score (nSPS) is 16.6. The number of amides is 2. The Hall–Kier alpha value is -1.67. The lowest BCUT2D eigenvalue weighted by molar-refractivity contribution is -0.143. The molecule has 1 saturated heterocycles. The van der Waals surface area contributed by atoms with Crippen molar-refractivity contribution < 1.29 is 19.1 Å². The second-order valence-electron chi connectivity index (χ2n) is 5.08. The standard InChI is InChI=1S/C14H18BrN3O4/c1-21-12(19)8-14(3-6-22-7-4-14)18-13(20)17-11-2-5-16-9-10(11)15/h2,5,9H,3-4,6-8H2,1H3,(H2,16,17,18,20). The second kappa shape index (κ2) is 7.55. The van der Waals surface area contributed by atoms with E-state index in [0.29, 0.717) is 36.2 Å². The van der Waals surface area contributed by atoms with Crippen LogP contribution in [0.15, 0.2) is 22.9 Å². The molecule has 0 spiro atoms. The zero-order valence-electron chi connectivity index (χ0n) is 12.2. The molecule has 2 heterocycles. The minimum Gasteiger partial charge on any atom is -0.469 e. The molecule has 2 N–H and O–H groups in total. The minimum atomic E-state index is -0.644. The highest BCUT2D eigenvalue weighted by atomic mass is 79.9. The zero-order chi connectivity index (χ0) is 16.0. The summed E-state index contributed by atoms with van der Waals surface area (Å²) in [4.78, 5) is 27.8. The van der Waals surface area contributed by atoms with Gasteiger partial charge >= 0.3 is 12.0 Å². The Kier molecular flexibility index (Phi) is 5.73. The first kappa shape index (κ1) is 16.7. The summed E-state index contributed by atoms with van der Waals surface area (Å²) in [6, 6.07) is 1.30. The minimum absolute atomic E-state index is 0.123. The van der Waals surface area contributed by atoms with Crippen molar-refractivity contribution >= 4 is 33.6 Å². The van der Waals surface area contributed by atoms with Crippen LogP contribution in [0, 0.1) is 0 Å². The van der Waals surface area contributed by atoms with Gasteiger partial charge in [-0.15, -0.1) is 0 Å². The number of hydrogen-bond donors (Lipinski definition) is 2. The van der Waals surface area contributed by atoms with E-state index in [4.69, 9.17) is 9.47 Å². The largest absolute Gasteiger partial charge is 0.469 e. The van der Waals surface area contributed by atoms with Gasteiger partial charge in [-0.2, -0.15) is 0 Å². The van der Waals surface area contributed by atoms with Gasteiger partial charge in [0.1, 0.15) is 0 Å². The van der Waals surface area contributed by atoms with Gasteiger partial charge in [-0.25, -0.2) is 4.79 Å². The number of aromatic nitrogens is 1. The summed E-state index contributed by atoms with van der Waals surface area (Å²) in [6.45, 7) is 0.993. The first-order valence-electron chi connectivity index (χ1n) is 6.88. The van der Waals surface area contributed by atoms with Crippen LogP contribution in [0.1, 0.15) is 19.3 Å². The number of carbonyl (C=O) groups excluding carboxylic acids is 2. The maximum Gasteiger partial charge on any atom is 0.319 e. The lowest BCUT2D eigenvalue weighted by Gasteiger charge is -2.37. The van der Waals surface area contributed by atoms with E-state index in [1.54, 1.807) is 18.5 Å². The van der Waals surface area contributed by atoms with E-state index in [1.807, 2.05) is 0 Å². The summed E-state index contributed by atoms with van der Waals surface area (Å²) < 4.78 is 10.7. The van der Waals surface area contributed by atoms with Gasteiger partial charge in [-0.05, 0) is 34.8 Å². The fraction of sp³-hybridized carbons (Fsp3) is 0.500. The number of pyridine rings is 1. The molecule has 2 rings (SSSR count). The number of ether oxygens (including phenoxy) is 2. The summed E-state index contributed by atoms with van der Waals surface area (Å²) in [6.07, 6.45) is 4.42. The summed E-state index contributed by atoms with van der Waals surface area (Å²) in [5.74, 6) is -0.354. The first-order chi connectivity index (χ1) is 10.5. The van der Waals surface area contributed by atoms with E-state index in [-0.39, 0.29) is 18.4 Å². The molecule has 0 unspecified atom stereocenters. The van der Waals surface area contributed by atoms with Gasteiger partial charge in [0.15, 0.2) is 0 Å². The van der Waals surface area contributed by atoms with E-state index >= 15 is 0 Å². The molecule has 1 aliphatic rings. The van der Waals surface area contributed by atoms with Crippen LogP contribution in [0.3, 0.4) is 0 Å². The summed E-state index contributed by atoms with van der Waals surface area (Å²) >= 11 is 3.32. The Labute approximate surface area is 136 Å². The number of nitrogens with zero attached hydrogens (tertiary/aromatic N) is 1. The molecule has 0 radical (unpaired) electrons. The number of methoxy groups -OCH3 is 1. The number of urea groups is 1. The first-order valence-corrected chi connectivity index (χ1v) is 7.67. The van der Waals surface area contributed by atoms with E-state index in [1.165, 1.54) is 7.11 Å². The Morgan fingerprint density at radius 1 is 1.45 bits per heavy atom. The molecule has 1 fully saturated rings. The monoisotopic (exact) mass is 371 g/mol. The predicted octanol–water partition coefficient (Wildman–Crippen LogP) is 2.08. The third-order valence-electron chi connectivity index (χ3n) is 3.56. The van der Waals surface area contributed by atoms with E-state index in [9.17, 15) is 9.59 Å². The summed E-state index contributed by atoms with van der Waals surface area (Å²) in [7, 11) is 1.34. The fourth-order valence-electron chi connectivity index (χ4n) is 2.33. The molecule has 1 aromatic heterocycles. The highest BCUT2D eigenvalue weighted by Gasteiger charge is 2.37. The van der Waals surface area contributed by atoms with Gasteiger partial charge in [0.25, 0.3) is 0 Å². The van der Waals surface area contributed by atoms with Crippen LogP contribution >= 0.6 is 15.9 Å². The molecule has 7 nitrogen and oxygen atoms in total. The van der Waals surface area contributed by atoms with Crippen molar-refractivity contribution in [2.24, 2.45) is 0 Å². The molecule has 0 aromatic carbocycles. The van der Waals surface area contributed by atoms with Crippen molar-refractivity contribution in [1.29, 1.82) is 0 Å². The molecule has 8 heteroatoms. The predicted molar refractivity (Wildman–Crippen MR) is 83.5 cm³/mol. The molecule has 0 aliphatic carbocycles. The molecule has 22 heavy (non-hydrogen) atoms. The SMILES string of the molecule is COC(=O)CC1(NC(=O)Nc2ccncc2Br)CCOCC1. The van der Waals surface area contributed by atoms with Crippen molar-refractivity contribution in [2.45, 2.75) is 24.8 Å². The second-order valence-corrected chi connectivity index (χ2v) is 5.93. The molecule has 0 bridgehead atoms. The maximum atomic E-state index is 12.3. The number of anilines is 1. The number of halogens is 1. The lowest BCUT2D eigenvalue weighted by Crippen LogP contribution is -2.54. The Morgan fingerprint density at radius 2 is 2.18 bits per heavy atom. The van der Waals surface area contributed by atoms with Crippen molar-refractivity contribution in [2.75, 3.05) is 25.6 Å². The van der Waals surface area contributed by atoms with Crippen molar-refractivity contribution in [3.05, 3.63) is 22.9 Å². The molecule has 1 aliphatic heterocycles. The topological polar surface area (TPSA) is 89.5 Å². The average molecular weight is 372 g/mol. The molecule has 120 valence electrons. The number of esters is 1. The number of nitrogens with one attached hydrogen (secondary N) is 2. The van der Waals surface area contributed by atoms with E-state index in [0.717, 1.165) is 0 Å². The van der Waals surface area contributed by atoms with E-state index < -0.39 is 5.54 Å². The Morgan fingerprint density at radius 3 is 2.82 bits per heavy atom. The third-order valence-corrected chi connectivity index (χ3v) is 4.19. The van der Waals surface area contributed by atoms with Gasteiger partial charge < -0.3 is 20.1 Å². The smallest absolute Gasteiger partial charge is 0.319 e. The zero-order valence-corrected chi connectivity index (χ0v) is 13.8. The van der Waals surface area contributed by atoms with E-state index in [2.05, 4.69) is 31.5 Å². The van der Waals surface area contributed by atoms with Crippen molar-refractivity contribution in [3.63, 3.8) is 0 Å². The van der Waals surface area contributed by atoms with Gasteiger partial charge in [0.05, 0.1) is 29.2 Å². The van der Waals surface area contributed by atoms with Crippen LogP contribution in [0.5, 0.6) is 0 Å². The number of rotatable bonds is 4. The third kappa shape index (κ3) is 4.41. The Bertz CT molecular complexity index is 547. The van der Waals surface area contributed by atoms with Gasteiger partial charge in [-0.1, -0.05) is 0 Å². The summed E-state index contributed by atoms with van der Waals surface area (Å²) in [5, 5.41) is 5.64. The summed E-state index contributed by atoms with van der Waals surface area (Å²) in [5.41, 5.74) is -0.0395. The highest BCUT2D eigenvalue weighted by molar-refractivity contribution is 9.10. The van der Waals surface area contributed by atoms with Gasteiger partial charge in [0, 0.05) is 25.6 Å². The quantitative estimate of drug-likeness (QED) is 0.790. The van der Waals surface area contributed by atoms with Crippen LogP contribution in [-0.4, -0.2) is 42.8 Å². The van der Waals surface area contributed by atoms with Crippen LogP contribution in [-0.2, 0) is 14.3 Å². The maximum absolute atomic E-state index is 12.3. The van der Waals surface area contributed by atoms with Crippen LogP contribution in [0.25, 0.3) is 0 Å².